The standard InChI is InChI=1S/C29H24Cl2N2O3/c30-24-11-9-18(13-25(24)31)17-36-28-12-10-19-5-1-2-6-21(19)23(28)16-33-27(29(34)35)14-20-15-32-26-8-4-3-7-22(20)26/h1-13,15,27,32-33H,14,16-17H2,(H,34,35)/t27-/m1/s1. The third-order valence-electron chi connectivity index (χ3n) is 6.30. The number of carbonyl (C=O) groups is 1. The molecule has 4 aromatic carbocycles. The Labute approximate surface area is 218 Å². The first-order valence-corrected chi connectivity index (χ1v) is 12.3. The van der Waals surface area contributed by atoms with Crippen molar-refractivity contribution in [2.45, 2.75) is 25.6 Å². The van der Waals surface area contributed by atoms with Crippen molar-refractivity contribution < 1.29 is 14.6 Å². The largest absolute Gasteiger partial charge is 0.489 e. The van der Waals surface area contributed by atoms with Gasteiger partial charge in [0.25, 0.3) is 0 Å². The van der Waals surface area contributed by atoms with Crippen LogP contribution in [0.15, 0.2) is 85.1 Å². The molecule has 5 nitrogen and oxygen atoms in total. The van der Waals surface area contributed by atoms with Gasteiger partial charge < -0.3 is 14.8 Å². The molecule has 1 aromatic heterocycles. The van der Waals surface area contributed by atoms with Crippen molar-refractivity contribution in [1.82, 2.24) is 10.3 Å². The van der Waals surface area contributed by atoms with E-state index in [-0.39, 0.29) is 0 Å². The maximum atomic E-state index is 12.2. The highest BCUT2D eigenvalue weighted by Crippen LogP contribution is 2.30. The Hall–Kier alpha value is -3.51. The van der Waals surface area contributed by atoms with Crippen molar-refractivity contribution >= 4 is 50.8 Å². The van der Waals surface area contributed by atoms with Gasteiger partial charge in [0.15, 0.2) is 0 Å². The lowest BCUT2D eigenvalue weighted by atomic mass is 10.0. The number of aromatic amines is 1. The number of carboxylic acids is 1. The van der Waals surface area contributed by atoms with E-state index in [0.717, 1.165) is 38.4 Å². The molecule has 0 radical (unpaired) electrons. The van der Waals surface area contributed by atoms with Crippen molar-refractivity contribution in [3.05, 3.63) is 112 Å². The maximum Gasteiger partial charge on any atom is 0.321 e. The van der Waals surface area contributed by atoms with Crippen LogP contribution in [0, 0.1) is 0 Å². The van der Waals surface area contributed by atoms with Crippen molar-refractivity contribution in [3.63, 3.8) is 0 Å². The minimum Gasteiger partial charge on any atom is -0.489 e. The van der Waals surface area contributed by atoms with Gasteiger partial charge >= 0.3 is 5.97 Å². The average molecular weight is 519 g/mol. The van der Waals surface area contributed by atoms with Crippen LogP contribution in [0.1, 0.15) is 16.7 Å². The quantitative estimate of drug-likeness (QED) is 0.196. The molecule has 182 valence electrons. The Bertz CT molecular complexity index is 1550. The molecule has 5 rings (SSSR count). The minimum atomic E-state index is -0.904. The molecule has 1 heterocycles. The second-order valence-electron chi connectivity index (χ2n) is 8.64. The molecular weight excluding hydrogens is 495 g/mol. The number of aliphatic carboxylic acids is 1. The molecular formula is C29H24Cl2N2O3. The summed E-state index contributed by atoms with van der Waals surface area (Å²) >= 11 is 12.2. The fourth-order valence-corrected chi connectivity index (χ4v) is 4.74. The summed E-state index contributed by atoms with van der Waals surface area (Å²) in [5.41, 5.74) is 3.74. The van der Waals surface area contributed by atoms with E-state index in [1.54, 1.807) is 12.1 Å². The molecule has 1 atom stereocenters. The zero-order valence-corrected chi connectivity index (χ0v) is 20.8. The Morgan fingerprint density at radius 1 is 0.944 bits per heavy atom. The minimum absolute atomic E-state index is 0.305. The summed E-state index contributed by atoms with van der Waals surface area (Å²) in [5, 5.41) is 17.3. The summed E-state index contributed by atoms with van der Waals surface area (Å²) in [6.45, 7) is 0.636. The number of hydrogen-bond donors (Lipinski definition) is 3. The molecule has 5 aromatic rings. The highest BCUT2D eigenvalue weighted by molar-refractivity contribution is 6.42. The molecule has 0 amide bonds. The molecule has 0 unspecified atom stereocenters. The number of hydrogen-bond acceptors (Lipinski definition) is 3. The van der Waals surface area contributed by atoms with Gasteiger partial charge in [0.2, 0.25) is 0 Å². The van der Waals surface area contributed by atoms with Crippen LogP contribution in [-0.4, -0.2) is 22.1 Å². The molecule has 3 N–H and O–H groups in total. The van der Waals surface area contributed by atoms with Crippen LogP contribution < -0.4 is 10.1 Å². The Morgan fingerprint density at radius 3 is 2.53 bits per heavy atom. The number of halogens is 2. The fraction of sp³-hybridized carbons (Fsp3) is 0.138. The van der Waals surface area contributed by atoms with Crippen molar-refractivity contribution in [2.75, 3.05) is 0 Å². The van der Waals surface area contributed by atoms with Crippen LogP contribution in [0.3, 0.4) is 0 Å². The molecule has 0 aliphatic carbocycles. The van der Waals surface area contributed by atoms with Gasteiger partial charge in [-0.3, -0.25) is 10.1 Å². The molecule has 0 fully saturated rings. The molecule has 7 heteroatoms. The van der Waals surface area contributed by atoms with Crippen LogP contribution >= 0.6 is 23.2 Å². The van der Waals surface area contributed by atoms with E-state index in [1.807, 2.05) is 72.9 Å². The van der Waals surface area contributed by atoms with E-state index in [1.165, 1.54) is 0 Å². The van der Waals surface area contributed by atoms with Gasteiger partial charge in [-0.15, -0.1) is 0 Å². The van der Waals surface area contributed by atoms with E-state index < -0.39 is 12.0 Å². The van der Waals surface area contributed by atoms with Crippen molar-refractivity contribution in [3.8, 4) is 5.75 Å². The van der Waals surface area contributed by atoms with E-state index >= 15 is 0 Å². The first-order valence-electron chi connectivity index (χ1n) is 11.6. The lowest BCUT2D eigenvalue weighted by Gasteiger charge is -2.18. The number of H-pyrrole nitrogens is 1. The number of benzene rings is 4. The van der Waals surface area contributed by atoms with Gasteiger partial charge in [-0.25, -0.2) is 0 Å². The van der Waals surface area contributed by atoms with Crippen LogP contribution in [-0.2, 0) is 24.4 Å². The maximum absolute atomic E-state index is 12.2. The van der Waals surface area contributed by atoms with Gasteiger partial charge in [-0.2, -0.15) is 0 Å². The van der Waals surface area contributed by atoms with Crippen LogP contribution in [0.5, 0.6) is 5.75 Å². The molecule has 0 aliphatic heterocycles. The third kappa shape index (κ3) is 5.19. The molecule has 0 saturated carbocycles. The van der Waals surface area contributed by atoms with Crippen molar-refractivity contribution in [1.29, 1.82) is 0 Å². The van der Waals surface area contributed by atoms with Gasteiger partial charge in [0, 0.05) is 35.6 Å². The predicted molar refractivity (Wildman–Crippen MR) is 145 cm³/mol. The second-order valence-corrected chi connectivity index (χ2v) is 9.45. The first kappa shape index (κ1) is 24.2. The third-order valence-corrected chi connectivity index (χ3v) is 7.04. The number of fused-ring (bicyclic) bond motifs is 2. The van der Waals surface area contributed by atoms with E-state index in [0.29, 0.717) is 35.4 Å². The summed E-state index contributed by atoms with van der Waals surface area (Å²) in [5.74, 6) is -0.220. The lowest BCUT2D eigenvalue weighted by molar-refractivity contribution is -0.139. The Morgan fingerprint density at radius 2 is 1.72 bits per heavy atom. The van der Waals surface area contributed by atoms with E-state index in [2.05, 4.69) is 10.3 Å². The lowest BCUT2D eigenvalue weighted by Crippen LogP contribution is -2.38. The number of aromatic nitrogens is 1. The zero-order chi connectivity index (χ0) is 25.1. The summed E-state index contributed by atoms with van der Waals surface area (Å²) in [7, 11) is 0. The van der Waals surface area contributed by atoms with Crippen LogP contribution in [0.4, 0.5) is 0 Å². The van der Waals surface area contributed by atoms with E-state index in [9.17, 15) is 9.90 Å². The number of nitrogens with one attached hydrogen (secondary N) is 2. The molecule has 36 heavy (non-hydrogen) atoms. The summed E-state index contributed by atoms with van der Waals surface area (Å²) in [6.07, 6.45) is 2.23. The van der Waals surface area contributed by atoms with E-state index in [4.69, 9.17) is 27.9 Å². The Kier molecular flexibility index (Phi) is 7.14. The normalized spacial score (nSPS) is 12.2. The van der Waals surface area contributed by atoms with Crippen LogP contribution in [0.2, 0.25) is 10.0 Å². The Balaban J connectivity index is 1.39. The van der Waals surface area contributed by atoms with Gasteiger partial charge in [-0.1, -0.05) is 77.8 Å². The number of rotatable bonds is 9. The second kappa shape index (κ2) is 10.6. The van der Waals surface area contributed by atoms with Gasteiger partial charge in [-0.05, 0) is 46.2 Å². The topological polar surface area (TPSA) is 74.3 Å². The summed E-state index contributed by atoms with van der Waals surface area (Å²) in [4.78, 5) is 15.4. The summed E-state index contributed by atoms with van der Waals surface area (Å²) < 4.78 is 6.19. The molecule has 0 bridgehead atoms. The molecule has 0 spiro atoms. The molecule has 0 saturated heterocycles. The summed E-state index contributed by atoms with van der Waals surface area (Å²) in [6, 6.07) is 24.4. The smallest absolute Gasteiger partial charge is 0.321 e. The number of ether oxygens (including phenoxy) is 1. The highest BCUT2D eigenvalue weighted by Gasteiger charge is 2.21. The first-order chi connectivity index (χ1) is 17.5. The average Bonchev–Trinajstić information content (AvgIpc) is 3.30. The monoisotopic (exact) mass is 518 g/mol. The predicted octanol–water partition coefficient (Wildman–Crippen LogP) is 6.99. The highest BCUT2D eigenvalue weighted by atomic mass is 35.5. The van der Waals surface area contributed by atoms with Gasteiger partial charge in [0.05, 0.1) is 10.0 Å². The fourth-order valence-electron chi connectivity index (χ4n) is 4.42. The molecule has 0 aliphatic rings. The van der Waals surface area contributed by atoms with Crippen molar-refractivity contribution in [2.24, 2.45) is 0 Å². The van der Waals surface area contributed by atoms with Gasteiger partial charge in [0.1, 0.15) is 18.4 Å². The van der Waals surface area contributed by atoms with Crippen LogP contribution in [0.25, 0.3) is 21.7 Å². The number of carboxylic acid groups (broad SMARTS) is 1. The SMILES string of the molecule is O=C(O)[C@@H](Cc1c[nH]c2ccccc12)NCc1c(OCc2ccc(Cl)c(Cl)c2)ccc2ccccc12. The number of para-hydroxylation sites is 1. The zero-order valence-electron chi connectivity index (χ0n) is 19.3.